The van der Waals surface area contributed by atoms with Crippen LogP contribution in [0.4, 0.5) is 5.69 Å². The van der Waals surface area contributed by atoms with Crippen LogP contribution < -0.4 is 5.32 Å². The number of hydrogen-bond acceptors (Lipinski definition) is 9. The van der Waals surface area contributed by atoms with E-state index in [4.69, 9.17) is 9.11 Å². The van der Waals surface area contributed by atoms with Crippen molar-refractivity contribution in [3.63, 3.8) is 0 Å². The molecule has 0 aromatic heterocycles. The molecule has 24 heavy (non-hydrogen) atoms. The second kappa shape index (κ2) is 12.6. The van der Waals surface area contributed by atoms with Crippen LogP contribution in [0, 0.1) is 0 Å². The van der Waals surface area contributed by atoms with Crippen LogP contribution in [0.5, 0.6) is 0 Å². The number of carbonyl (C=O) groups excluding carboxylic acids is 1. The highest BCUT2D eigenvalue weighted by atomic mass is 32.3. The molecule has 0 heterocycles. The van der Waals surface area contributed by atoms with Crippen molar-refractivity contribution in [2.24, 2.45) is 0 Å². The predicted octanol–water partition coefficient (Wildman–Crippen LogP) is 0.143. The highest BCUT2D eigenvalue weighted by Crippen LogP contribution is 2.03. The van der Waals surface area contributed by atoms with Gasteiger partial charge in [-0.15, -0.1) is 0 Å². The Morgan fingerprint density at radius 2 is 1.33 bits per heavy atom. The van der Waals surface area contributed by atoms with E-state index in [9.17, 15) is 21.6 Å². The summed E-state index contributed by atoms with van der Waals surface area (Å²) in [7, 11) is -5.21. The maximum Gasteiger partial charge on any atom is 0.397 e. The molecule has 0 atom stereocenters. The first-order valence-corrected chi connectivity index (χ1v) is 8.60. The molecule has 0 bridgehead atoms. The lowest BCUT2D eigenvalue weighted by Gasteiger charge is -2.03. The van der Waals surface area contributed by atoms with E-state index in [1.54, 1.807) is 0 Å². The number of rotatable bonds is 5. The second-order valence-corrected chi connectivity index (χ2v) is 5.86. The molecule has 3 N–H and O–H groups in total. The molecule has 0 saturated heterocycles. The Morgan fingerprint density at radius 1 is 0.958 bits per heavy atom. The third kappa shape index (κ3) is 20.2. The van der Waals surface area contributed by atoms with Gasteiger partial charge in [-0.05, 0) is 12.1 Å². The van der Waals surface area contributed by atoms with E-state index in [0.717, 1.165) is 19.9 Å². The first-order valence-electron chi connectivity index (χ1n) is 5.87. The molecule has 13 heteroatoms. The van der Waals surface area contributed by atoms with Crippen LogP contribution in [-0.2, 0) is 38.7 Å². The molecule has 11 nitrogen and oxygen atoms in total. The zero-order valence-corrected chi connectivity index (χ0v) is 14.7. The molecular weight excluding hydrogens is 370 g/mol. The minimum absolute atomic E-state index is 0.209. The molecule has 0 spiro atoms. The number of anilines is 1. The normalized spacial score (nSPS) is 10.4. The van der Waals surface area contributed by atoms with Gasteiger partial charge in [0.15, 0.2) is 0 Å². The van der Waals surface area contributed by atoms with Gasteiger partial charge >= 0.3 is 26.8 Å². The Kier molecular flexibility index (Phi) is 12.9. The summed E-state index contributed by atoms with van der Waals surface area (Å²) in [6.07, 6.45) is 0. The average molecular weight is 389 g/mol. The Hall–Kier alpha value is -1.77. The summed E-state index contributed by atoms with van der Waals surface area (Å²) in [5.41, 5.74) is 0.919. The lowest BCUT2D eigenvalue weighted by Crippen LogP contribution is -2.14. The largest absolute Gasteiger partial charge is 0.468 e. The number of para-hydroxylation sites is 1. The first kappa shape index (κ1) is 24.5. The van der Waals surface area contributed by atoms with Crippen molar-refractivity contribution in [1.82, 2.24) is 0 Å². The lowest BCUT2D eigenvalue weighted by atomic mass is 10.3. The summed E-state index contributed by atoms with van der Waals surface area (Å²) < 4.78 is 63.9. The zero-order valence-electron chi connectivity index (χ0n) is 13.1. The number of ether oxygens (including phenoxy) is 1. The van der Waals surface area contributed by atoms with Gasteiger partial charge in [0, 0.05) is 5.69 Å². The SMILES string of the molecule is COC(=O)CNc1ccccc1.COS(=O)(=O)O.COS(=O)(=O)O. The van der Waals surface area contributed by atoms with Gasteiger partial charge < -0.3 is 10.1 Å². The van der Waals surface area contributed by atoms with Crippen molar-refractivity contribution in [2.45, 2.75) is 0 Å². The molecule has 1 rings (SSSR count). The number of carbonyl (C=O) groups is 1. The molecular formula is C11H19NO10S2. The van der Waals surface area contributed by atoms with Crippen LogP contribution in [0.3, 0.4) is 0 Å². The summed E-state index contributed by atoms with van der Waals surface area (Å²) in [5.74, 6) is -0.265. The minimum Gasteiger partial charge on any atom is -0.468 e. The molecule has 0 fully saturated rings. The summed E-state index contributed by atoms with van der Waals surface area (Å²) >= 11 is 0. The van der Waals surface area contributed by atoms with E-state index in [0.29, 0.717) is 0 Å². The fourth-order valence-corrected chi connectivity index (χ4v) is 0.802. The standard InChI is InChI=1S/C9H11NO2.2CH4O4S/c1-12-9(11)7-10-8-5-3-2-4-6-8;2*1-5-6(2,3)4/h2-6,10H,7H2,1H3;2*1H3,(H,2,3,4). The molecule has 0 aliphatic carbocycles. The monoisotopic (exact) mass is 389 g/mol. The van der Waals surface area contributed by atoms with Gasteiger partial charge in [0.05, 0.1) is 21.3 Å². The maximum atomic E-state index is 10.7. The number of nitrogens with one attached hydrogen (secondary N) is 1. The van der Waals surface area contributed by atoms with E-state index in [1.807, 2.05) is 30.3 Å². The molecule has 0 amide bonds. The number of methoxy groups -OCH3 is 1. The Balaban J connectivity index is 0. The molecule has 1 aromatic carbocycles. The fraction of sp³-hybridized carbons (Fsp3) is 0.364. The highest BCUT2D eigenvalue weighted by Gasteiger charge is 1.97. The van der Waals surface area contributed by atoms with Crippen molar-refractivity contribution in [3.05, 3.63) is 30.3 Å². The molecule has 1 aromatic rings. The quantitative estimate of drug-likeness (QED) is 0.463. The molecule has 0 unspecified atom stereocenters. The van der Waals surface area contributed by atoms with E-state index in [2.05, 4.69) is 18.4 Å². The smallest absolute Gasteiger partial charge is 0.397 e. The van der Waals surface area contributed by atoms with Crippen molar-refractivity contribution in [3.8, 4) is 0 Å². The Morgan fingerprint density at radius 3 is 1.62 bits per heavy atom. The Bertz CT molecular complexity index is 625. The minimum atomic E-state index is -4.16. The van der Waals surface area contributed by atoms with Gasteiger partial charge in [0.1, 0.15) is 6.54 Å². The zero-order chi connectivity index (χ0) is 19.2. The van der Waals surface area contributed by atoms with E-state index in [-0.39, 0.29) is 12.5 Å². The maximum absolute atomic E-state index is 10.7. The van der Waals surface area contributed by atoms with Crippen molar-refractivity contribution < 1.29 is 43.8 Å². The summed E-state index contributed by atoms with van der Waals surface area (Å²) in [6, 6.07) is 9.51. The second-order valence-electron chi connectivity index (χ2n) is 3.48. The molecule has 0 aliphatic rings. The van der Waals surface area contributed by atoms with Gasteiger partial charge in [-0.3, -0.25) is 22.3 Å². The van der Waals surface area contributed by atoms with Gasteiger partial charge in [0.2, 0.25) is 0 Å². The van der Waals surface area contributed by atoms with Crippen LogP contribution in [-0.4, -0.2) is 59.8 Å². The van der Waals surface area contributed by atoms with E-state index in [1.165, 1.54) is 7.11 Å². The topological polar surface area (TPSA) is 166 Å². The molecule has 140 valence electrons. The molecule has 0 saturated carbocycles. The molecule has 0 aliphatic heterocycles. The van der Waals surface area contributed by atoms with Gasteiger partial charge in [-0.2, -0.15) is 16.8 Å². The van der Waals surface area contributed by atoms with Crippen molar-refractivity contribution in [2.75, 3.05) is 33.2 Å². The van der Waals surface area contributed by atoms with Crippen LogP contribution >= 0.6 is 0 Å². The molecule has 0 radical (unpaired) electrons. The number of benzene rings is 1. The Labute approximate surface area is 140 Å². The third-order valence-corrected chi connectivity index (χ3v) is 2.70. The highest BCUT2D eigenvalue weighted by molar-refractivity contribution is 7.81. The van der Waals surface area contributed by atoms with Crippen LogP contribution in [0.25, 0.3) is 0 Å². The van der Waals surface area contributed by atoms with Crippen molar-refractivity contribution in [1.29, 1.82) is 0 Å². The van der Waals surface area contributed by atoms with Crippen LogP contribution in [0.2, 0.25) is 0 Å². The average Bonchev–Trinajstić information content (AvgIpc) is 2.53. The first-order chi connectivity index (χ1) is 10.9. The summed E-state index contributed by atoms with van der Waals surface area (Å²) in [6.45, 7) is 0.209. The fourth-order valence-electron chi connectivity index (χ4n) is 0.802. The summed E-state index contributed by atoms with van der Waals surface area (Å²) in [5, 5.41) is 2.92. The van der Waals surface area contributed by atoms with Gasteiger partial charge in [-0.25, -0.2) is 0 Å². The van der Waals surface area contributed by atoms with Crippen molar-refractivity contribution >= 4 is 32.5 Å². The van der Waals surface area contributed by atoms with E-state index >= 15 is 0 Å². The number of hydrogen-bond donors (Lipinski definition) is 3. The van der Waals surface area contributed by atoms with Gasteiger partial charge in [0.25, 0.3) is 0 Å². The third-order valence-electron chi connectivity index (χ3n) is 1.86. The summed E-state index contributed by atoms with van der Waals surface area (Å²) in [4.78, 5) is 10.7. The van der Waals surface area contributed by atoms with E-state index < -0.39 is 20.8 Å². The van der Waals surface area contributed by atoms with Crippen LogP contribution in [0.15, 0.2) is 30.3 Å². The lowest BCUT2D eigenvalue weighted by molar-refractivity contribution is -0.138. The van der Waals surface area contributed by atoms with Crippen LogP contribution in [0.1, 0.15) is 0 Å². The van der Waals surface area contributed by atoms with Gasteiger partial charge in [-0.1, -0.05) is 18.2 Å². The predicted molar refractivity (Wildman–Crippen MR) is 84.1 cm³/mol. The number of esters is 1.